The van der Waals surface area contributed by atoms with Crippen LogP contribution in [0.25, 0.3) is 0 Å². The van der Waals surface area contributed by atoms with Crippen molar-refractivity contribution in [3.05, 3.63) is 29.8 Å². The predicted molar refractivity (Wildman–Crippen MR) is 91.6 cm³/mol. The molecule has 8 nitrogen and oxygen atoms in total. The third kappa shape index (κ3) is 2.81. The lowest BCUT2D eigenvalue weighted by atomic mass is 10.2. The van der Waals surface area contributed by atoms with E-state index in [2.05, 4.69) is 0 Å². The van der Waals surface area contributed by atoms with Crippen LogP contribution in [0.2, 0.25) is 0 Å². The van der Waals surface area contributed by atoms with Crippen molar-refractivity contribution >= 4 is 31.7 Å². The molecule has 140 valence electrons. The number of sulfone groups is 1. The molecular formula is C16H18N2O6S2. The minimum atomic E-state index is -4.06. The third-order valence-electron chi connectivity index (χ3n) is 5.02. The Kier molecular flexibility index (Phi) is 3.88. The third-order valence-corrected chi connectivity index (χ3v) is 8.56. The van der Waals surface area contributed by atoms with Crippen LogP contribution in [0.4, 0.5) is 0 Å². The second kappa shape index (κ2) is 5.78. The van der Waals surface area contributed by atoms with Crippen LogP contribution >= 0.6 is 0 Å². The number of sulfonamides is 1. The van der Waals surface area contributed by atoms with Gasteiger partial charge in [-0.1, -0.05) is 12.1 Å². The average Bonchev–Trinajstić information content (AvgIpc) is 3.31. The van der Waals surface area contributed by atoms with Crippen LogP contribution in [0, 0.1) is 0 Å². The number of benzene rings is 1. The van der Waals surface area contributed by atoms with Crippen molar-refractivity contribution in [1.82, 2.24) is 9.21 Å². The van der Waals surface area contributed by atoms with Gasteiger partial charge in [-0.2, -0.15) is 0 Å². The number of carbonyl (C=O) groups is 2. The van der Waals surface area contributed by atoms with Gasteiger partial charge in [-0.25, -0.2) is 21.1 Å². The van der Waals surface area contributed by atoms with E-state index in [1.165, 1.54) is 23.1 Å². The quantitative estimate of drug-likeness (QED) is 0.707. The van der Waals surface area contributed by atoms with Gasteiger partial charge in [0.2, 0.25) is 5.91 Å². The average molecular weight is 398 g/mol. The van der Waals surface area contributed by atoms with Crippen LogP contribution < -0.4 is 0 Å². The van der Waals surface area contributed by atoms with E-state index in [0.29, 0.717) is 10.7 Å². The molecule has 0 bridgehead atoms. The molecule has 2 fully saturated rings. The van der Waals surface area contributed by atoms with Crippen LogP contribution in [0.1, 0.15) is 29.6 Å². The molecule has 2 heterocycles. The lowest BCUT2D eigenvalue weighted by Gasteiger charge is -2.29. The Labute approximate surface area is 151 Å². The maximum atomic E-state index is 12.8. The molecule has 1 aromatic carbocycles. The molecule has 2 amide bonds. The van der Waals surface area contributed by atoms with Gasteiger partial charge in [0.05, 0.1) is 17.1 Å². The topological polar surface area (TPSA) is 109 Å². The van der Waals surface area contributed by atoms with Gasteiger partial charge in [-0.05, 0) is 31.4 Å². The molecule has 0 spiro atoms. The summed E-state index contributed by atoms with van der Waals surface area (Å²) in [5, 5.41) is 0. The number of carbonyl (C=O) groups excluding carboxylic acids is 2. The van der Waals surface area contributed by atoms with Crippen molar-refractivity contribution < 1.29 is 26.4 Å². The molecule has 0 radical (unpaired) electrons. The van der Waals surface area contributed by atoms with Crippen molar-refractivity contribution in [2.45, 2.75) is 36.2 Å². The molecular weight excluding hydrogens is 380 g/mol. The maximum absolute atomic E-state index is 12.8. The smallest absolute Gasteiger partial charge is 0.269 e. The second-order valence-electron chi connectivity index (χ2n) is 6.90. The first-order chi connectivity index (χ1) is 12.2. The van der Waals surface area contributed by atoms with E-state index in [4.69, 9.17) is 0 Å². The summed E-state index contributed by atoms with van der Waals surface area (Å²) in [7, 11) is -7.23. The fourth-order valence-corrected chi connectivity index (χ4v) is 6.87. The standard InChI is InChI=1S/C16H18N2O6S2/c19-15(18(11-5-6-11)12-7-8-25(21,22)10-12)9-17-16(20)13-3-1-2-4-14(13)26(17,23)24/h1-4,11-12H,5-10H2/t12-/m0/s1. The van der Waals surface area contributed by atoms with Crippen LogP contribution in [0.15, 0.2) is 29.2 Å². The van der Waals surface area contributed by atoms with Gasteiger partial charge in [0.15, 0.2) is 9.84 Å². The first-order valence-corrected chi connectivity index (χ1v) is 11.6. The van der Waals surface area contributed by atoms with Crippen molar-refractivity contribution in [2.24, 2.45) is 0 Å². The minimum absolute atomic E-state index is 0.0283. The highest BCUT2D eigenvalue weighted by Crippen LogP contribution is 2.34. The van der Waals surface area contributed by atoms with E-state index >= 15 is 0 Å². The fourth-order valence-electron chi connectivity index (χ4n) is 3.64. The number of hydrogen-bond acceptors (Lipinski definition) is 6. The van der Waals surface area contributed by atoms with Crippen molar-refractivity contribution in [3.8, 4) is 0 Å². The van der Waals surface area contributed by atoms with Crippen LogP contribution in [0.5, 0.6) is 0 Å². The summed E-state index contributed by atoms with van der Waals surface area (Å²) in [5.74, 6) is -1.31. The molecule has 0 aromatic heterocycles. The van der Waals surface area contributed by atoms with Crippen LogP contribution in [-0.4, -0.2) is 68.0 Å². The summed E-state index contributed by atoms with van der Waals surface area (Å²) >= 11 is 0. The van der Waals surface area contributed by atoms with Gasteiger partial charge < -0.3 is 4.90 Å². The summed E-state index contributed by atoms with van der Waals surface area (Å²) in [6, 6.07) is 5.34. The lowest BCUT2D eigenvalue weighted by molar-refractivity contribution is -0.133. The number of rotatable bonds is 4. The number of hydrogen-bond donors (Lipinski definition) is 0. The zero-order valence-corrected chi connectivity index (χ0v) is 15.5. The largest absolute Gasteiger partial charge is 0.334 e. The van der Waals surface area contributed by atoms with Gasteiger partial charge in [0.25, 0.3) is 15.9 Å². The van der Waals surface area contributed by atoms with Crippen molar-refractivity contribution in [2.75, 3.05) is 18.1 Å². The SMILES string of the molecule is O=C(CN1C(=O)c2ccccc2S1(=O)=O)N(C1CC1)[C@H]1CCS(=O)(=O)C1. The predicted octanol–water partition coefficient (Wildman–Crippen LogP) is 0.00920. The minimum Gasteiger partial charge on any atom is -0.334 e. The van der Waals surface area contributed by atoms with Crippen LogP contribution in [0.3, 0.4) is 0 Å². The van der Waals surface area contributed by atoms with Gasteiger partial charge in [-0.15, -0.1) is 0 Å². The van der Waals surface area contributed by atoms with E-state index in [-0.39, 0.29) is 28.0 Å². The summed E-state index contributed by atoms with van der Waals surface area (Å²) < 4.78 is 49.3. The Morgan fingerprint density at radius 1 is 1.08 bits per heavy atom. The summed E-state index contributed by atoms with van der Waals surface area (Å²) in [6.45, 7) is -0.594. The Morgan fingerprint density at radius 2 is 1.77 bits per heavy atom. The van der Waals surface area contributed by atoms with Crippen molar-refractivity contribution in [3.63, 3.8) is 0 Å². The molecule has 3 aliphatic rings. The molecule has 26 heavy (non-hydrogen) atoms. The number of fused-ring (bicyclic) bond motifs is 1. The Hall–Kier alpha value is -1.94. The second-order valence-corrected chi connectivity index (χ2v) is 11.0. The first-order valence-electron chi connectivity index (χ1n) is 8.38. The first kappa shape index (κ1) is 17.5. The number of nitrogens with zero attached hydrogens (tertiary/aromatic N) is 2. The highest BCUT2D eigenvalue weighted by Gasteiger charge is 2.46. The molecule has 2 aliphatic heterocycles. The van der Waals surface area contributed by atoms with Crippen molar-refractivity contribution in [1.29, 1.82) is 0 Å². The van der Waals surface area contributed by atoms with E-state index in [0.717, 1.165) is 12.8 Å². The van der Waals surface area contributed by atoms with Gasteiger partial charge >= 0.3 is 0 Å². The van der Waals surface area contributed by atoms with E-state index < -0.39 is 44.3 Å². The molecule has 4 rings (SSSR count). The summed E-state index contributed by atoms with van der Waals surface area (Å²) in [4.78, 5) is 26.7. The van der Waals surface area contributed by atoms with E-state index in [9.17, 15) is 26.4 Å². The molecule has 1 atom stereocenters. The molecule has 10 heteroatoms. The number of amides is 2. The van der Waals surface area contributed by atoms with Gasteiger partial charge in [0.1, 0.15) is 11.4 Å². The Bertz CT molecular complexity index is 997. The van der Waals surface area contributed by atoms with E-state index in [1.54, 1.807) is 6.07 Å². The summed E-state index contributed by atoms with van der Waals surface area (Å²) in [6.07, 6.45) is 1.89. The van der Waals surface area contributed by atoms with Gasteiger partial charge in [-0.3, -0.25) is 9.59 Å². The van der Waals surface area contributed by atoms with Crippen LogP contribution in [-0.2, 0) is 24.7 Å². The Balaban J connectivity index is 1.59. The molecule has 1 aliphatic carbocycles. The molecule has 1 aromatic rings. The zero-order valence-electron chi connectivity index (χ0n) is 13.9. The molecule has 1 saturated carbocycles. The highest BCUT2D eigenvalue weighted by molar-refractivity contribution is 7.91. The molecule has 0 unspecified atom stereocenters. The normalized spacial score (nSPS) is 25.9. The maximum Gasteiger partial charge on any atom is 0.269 e. The monoisotopic (exact) mass is 398 g/mol. The lowest BCUT2D eigenvalue weighted by Crippen LogP contribution is -2.48. The Morgan fingerprint density at radius 3 is 2.35 bits per heavy atom. The highest BCUT2D eigenvalue weighted by atomic mass is 32.2. The molecule has 1 saturated heterocycles. The zero-order chi connectivity index (χ0) is 18.7. The fraction of sp³-hybridized carbons (Fsp3) is 0.500. The molecule has 0 N–H and O–H groups in total. The summed E-state index contributed by atoms with van der Waals surface area (Å²) in [5.41, 5.74) is 0.0571. The van der Waals surface area contributed by atoms with E-state index in [1.807, 2.05) is 0 Å². The van der Waals surface area contributed by atoms with Gasteiger partial charge in [0, 0.05) is 12.1 Å².